The van der Waals surface area contributed by atoms with Gasteiger partial charge in [0.25, 0.3) is 0 Å². The summed E-state index contributed by atoms with van der Waals surface area (Å²) in [5.41, 5.74) is 1.04. The highest BCUT2D eigenvalue weighted by atomic mass is 16.1. The highest BCUT2D eigenvalue weighted by Gasteiger charge is 2.06. The summed E-state index contributed by atoms with van der Waals surface area (Å²) >= 11 is 0. The summed E-state index contributed by atoms with van der Waals surface area (Å²) < 4.78 is 3.42. The van der Waals surface area contributed by atoms with E-state index >= 15 is 0 Å². The molecule has 0 aliphatic carbocycles. The Kier molecular flexibility index (Phi) is 4.04. The molecule has 0 saturated carbocycles. The van der Waals surface area contributed by atoms with Gasteiger partial charge in [0.05, 0.1) is 6.54 Å². The minimum absolute atomic E-state index is 0.0192. The summed E-state index contributed by atoms with van der Waals surface area (Å²) in [6.07, 6.45) is 5.45. The maximum Gasteiger partial charge on any atom is 0.328 e. The molecule has 0 aliphatic rings. The number of hydrogen-bond acceptors (Lipinski definition) is 3. The number of pyridine rings is 1. The van der Waals surface area contributed by atoms with Crippen LogP contribution in [0.5, 0.6) is 0 Å². The molecule has 1 N–H and O–H groups in total. The van der Waals surface area contributed by atoms with Crippen LogP contribution in [0.1, 0.15) is 32.4 Å². The maximum atomic E-state index is 12.1. The second-order valence-electron chi connectivity index (χ2n) is 4.79. The molecule has 19 heavy (non-hydrogen) atoms. The molecule has 2 heterocycles. The molecular formula is C14H20N4O. The van der Waals surface area contributed by atoms with Crippen molar-refractivity contribution in [3.63, 3.8) is 0 Å². The molecule has 0 spiro atoms. The monoisotopic (exact) mass is 260 g/mol. The van der Waals surface area contributed by atoms with Gasteiger partial charge in [-0.05, 0) is 32.4 Å². The van der Waals surface area contributed by atoms with E-state index in [2.05, 4.69) is 10.3 Å². The van der Waals surface area contributed by atoms with Gasteiger partial charge in [-0.1, -0.05) is 6.07 Å². The highest BCUT2D eigenvalue weighted by Crippen LogP contribution is 2.06. The highest BCUT2D eigenvalue weighted by molar-refractivity contribution is 5.35. The van der Waals surface area contributed by atoms with E-state index in [-0.39, 0.29) is 11.7 Å². The van der Waals surface area contributed by atoms with Crippen LogP contribution in [0.15, 0.2) is 35.5 Å². The Balaban J connectivity index is 2.15. The summed E-state index contributed by atoms with van der Waals surface area (Å²) in [4.78, 5) is 16.4. The SMILES string of the molecule is CCNc1ccc(Cn2ccn(C(C)C)c2=O)cn1. The van der Waals surface area contributed by atoms with E-state index in [1.807, 2.05) is 45.3 Å². The lowest BCUT2D eigenvalue weighted by Gasteiger charge is -2.06. The Morgan fingerprint density at radius 1 is 1.32 bits per heavy atom. The predicted octanol–water partition coefficient (Wildman–Crippen LogP) is 2.11. The van der Waals surface area contributed by atoms with E-state index in [4.69, 9.17) is 0 Å². The van der Waals surface area contributed by atoms with E-state index in [0.29, 0.717) is 6.54 Å². The number of rotatable bonds is 5. The molecule has 0 saturated heterocycles. The molecule has 102 valence electrons. The van der Waals surface area contributed by atoms with Crippen molar-refractivity contribution in [2.24, 2.45) is 0 Å². The molecule has 0 bridgehead atoms. The Bertz CT molecular complexity index is 580. The van der Waals surface area contributed by atoms with E-state index < -0.39 is 0 Å². The average molecular weight is 260 g/mol. The van der Waals surface area contributed by atoms with Gasteiger partial charge in [-0.3, -0.25) is 9.13 Å². The normalized spacial score (nSPS) is 10.9. The third-order valence-corrected chi connectivity index (χ3v) is 2.97. The van der Waals surface area contributed by atoms with Crippen LogP contribution in [0.25, 0.3) is 0 Å². The van der Waals surface area contributed by atoms with Crippen LogP contribution in [0.4, 0.5) is 5.82 Å². The average Bonchev–Trinajstić information content (AvgIpc) is 2.74. The molecule has 2 aromatic heterocycles. The Labute approximate surface area is 112 Å². The zero-order valence-corrected chi connectivity index (χ0v) is 11.6. The molecule has 0 aliphatic heterocycles. The molecule has 0 unspecified atom stereocenters. The first-order valence-corrected chi connectivity index (χ1v) is 6.58. The lowest BCUT2D eigenvalue weighted by atomic mass is 10.3. The third kappa shape index (κ3) is 3.05. The van der Waals surface area contributed by atoms with E-state index in [0.717, 1.165) is 17.9 Å². The molecule has 2 rings (SSSR count). The second kappa shape index (κ2) is 5.73. The molecule has 0 aromatic carbocycles. The first kappa shape index (κ1) is 13.4. The van der Waals surface area contributed by atoms with Gasteiger partial charge in [-0.15, -0.1) is 0 Å². The van der Waals surface area contributed by atoms with Crippen LogP contribution in [-0.4, -0.2) is 20.7 Å². The zero-order chi connectivity index (χ0) is 13.8. The van der Waals surface area contributed by atoms with Crippen LogP contribution in [0.2, 0.25) is 0 Å². The van der Waals surface area contributed by atoms with Crippen LogP contribution >= 0.6 is 0 Å². The van der Waals surface area contributed by atoms with Crippen molar-refractivity contribution in [2.75, 3.05) is 11.9 Å². The van der Waals surface area contributed by atoms with Gasteiger partial charge in [0, 0.05) is 31.2 Å². The molecule has 0 atom stereocenters. The van der Waals surface area contributed by atoms with Crippen LogP contribution in [0, 0.1) is 0 Å². The van der Waals surface area contributed by atoms with Crippen molar-refractivity contribution in [3.05, 3.63) is 46.8 Å². The molecule has 5 nitrogen and oxygen atoms in total. The fraction of sp³-hybridized carbons (Fsp3) is 0.429. The Hall–Kier alpha value is -2.04. The number of hydrogen-bond donors (Lipinski definition) is 1. The smallest absolute Gasteiger partial charge is 0.328 e. The number of nitrogens with zero attached hydrogens (tertiary/aromatic N) is 3. The largest absolute Gasteiger partial charge is 0.370 e. The van der Waals surface area contributed by atoms with Gasteiger partial charge in [0.15, 0.2) is 0 Å². The van der Waals surface area contributed by atoms with Gasteiger partial charge in [-0.25, -0.2) is 9.78 Å². The molecule has 5 heteroatoms. The van der Waals surface area contributed by atoms with Gasteiger partial charge in [-0.2, -0.15) is 0 Å². The van der Waals surface area contributed by atoms with Gasteiger partial charge in [0.2, 0.25) is 0 Å². The van der Waals surface area contributed by atoms with Gasteiger partial charge in [0.1, 0.15) is 5.82 Å². The Morgan fingerprint density at radius 2 is 2.11 bits per heavy atom. The van der Waals surface area contributed by atoms with Crippen molar-refractivity contribution >= 4 is 5.82 Å². The number of nitrogens with one attached hydrogen (secondary N) is 1. The first-order valence-electron chi connectivity index (χ1n) is 6.58. The zero-order valence-electron chi connectivity index (χ0n) is 11.6. The van der Waals surface area contributed by atoms with E-state index in [1.165, 1.54) is 0 Å². The lowest BCUT2D eigenvalue weighted by molar-refractivity contribution is 0.561. The summed E-state index contributed by atoms with van der Waals surface area (Å²) in [6.45, 7) is 7.43. The molecule has 0 amide bonds. The van der Waals surface area contributed by atoms with Crippen molar-refractivity contribution in [3.8, 4) is 0 Å². The fourth-order valence-electron chi connectivity index (χ4n) is 1.94. The molecule has 0 fully saturated rings. The number of aromatic nitrogens is 3. The summed E-state index contributed by atoms with van der Waals surface area (Å²) in [6, 6.07) is 4.11. The maximum absolute atomic E-state index is 12.1. The molecular weight excluding hydrogens is 240 g/mol. The van der Waals surface area contributed by atoms with Crippen molar-refractivity contribution in [2.45, 2.75) is 33.4 Å². The quantitative estimate of drug-likeness (QED) is 0.895. The van der Waals surface area contributed by atoms with Crippen LogP contribution < -0.4 is 11.0 Å². The van der Waals surface area contributed by atoms with Crippen LogP contribution in [-0.2, 0) is 6.54 Å². The topological polar surface area (TPSA) is 51.9 Å². The standard InChI is InChI=1S/C14H20N4O/c1-4-15-13-6-5-12(9-16-13)10-17-7-8-18(11(2)3)14(17)19/h5-9,11H,4,10H2,1-3H3,(H,15,16). The molecule has 0 radical (unpaired) electrons. The minimum atomic E-state index is 0.0192. The summed E-state index contributed by atoms with van der Waals surface area (Å²) in [7, 11) is 0. The minimum Gasteiger partial charge on any atom is -0.370 e. The first-order chi connectivity index (χ1) is 9.11. The lowest BCUT2D eigenvalue weighted by Crippen LogP contribution is -2.25. The Morgan fingerprint density at radius 3 is 2.63 bits per heavy atom. The number of imidazole rings is 1. The van der Waals surface area contributed by atoms with Crippen LogP contribution in [0.3, 0.4) is 0 Å². The van der Waals surface area contributed by atoms with Crippen molar-refractivity contribution < 1.29 is 0 Å². The third-order valence-electron chi connectivity index (χ3n) is 2.97. The fourth-order valence-corrected chi connectivity index (χ4v) is 1.94. The van der Waals surface area contributed by atoms with E-state index in [1.54, 1.807) is 15.3 Å². The summed E-state index contributed by atoms with van der Waals surface area (Å²) in [5.74, 6) is 0.860. The van der Waals surface area contributed by atoms with E-state index in [9.17, 15) is 4.79 Å². The predicted molar refractivity (Wildman–Crippen MR) is 76.6 cm³/mol. The van der Waals surface area contributed by atoms with Crippen molar-refractivity contribution in [1.82, 2.24) is 14.1 Å². The number of anilines is 1. The molecule has 2 aromatic rings. The second-order valence-corrected chi connectivity index (χ2v) is 4.79. The summed E-state index contributed by atoms with van der Waals surface area (Å²) in [5, 5.41) is 3.15. The van der Waals surface area contributed by atoms with Gasteiger partial charge < -0.3 is 5.32 Å². The van der Waals surface area contributed by atoms with Gasteiger partial charge >= 0.3 is 5.69 Å². The van der Waals surface area contributed by atoms with Crippen molar-refractivity contribution in [1.29, 1.82) is 0 Å².